The minimum Gasteiger partial charge on any atom is -0.373 e. The third kappa shape index (κ3) is 3.37. The lowest BCUT2D eigenvalue weighted by Gasteiger charge is -2.14. The first kappa shape index (κ1) is 15.0. The summed E-state index contributed by atoms with van der Waals surface area (Å²) in [7, 11) is -3.49. The lowest BCUT2D eigenvalue weighted by Crippen LogP contribution is -2.08. The molecular formula is C12H14N4O4S. The average molecular weight is 310 g/mol. The van der Waals surface area contributed by atoms with E-state index in [1.165, 1.54) is 12.1 Å². The molecule has 21 heavy (non-hydrogen) atoms. The highest BCUT2D eigenvalue weighted by atomic mass is 32.2. The number of hydrogen-bond donors (Lipinski definition) is 2. The van der Waals surface area contributed by atoms with E-state index < -0.39 is 14.8 Å². The number of hydrogen-bond acceptors (Lipinski definition) is 6. The fraction of sp³-hybridized carbons (Fsp3) is 0.250. The molecule has 0 aliphatic heterocycles. The molecule has 2 aromatic rings. The van der Waals surface area contributed by atoms with Crippen LogP contribution in [0.1, 0.15) is 18.5 Å². The van der Waals surface area contributed by atoms with E-state index in [1.54, 1.807) is 12.4 Å². The molecule has 112 valence electrons. The molecule has 2 rings (SSSR count). The Morgan fingerprint density at radius 2 is 2.14 bits per heavy atom. The molecule has 0 saturated heterocycles. The summed E-state index contributed by atoms with van der Waals surface area (Å²) in [6, 6.07) is 3.57. The SMILES string of the molecule is CC(Nc1ccc(S(C)(=O)=O)cc1[N+](=O)[O-])c1cn[nH]c1. The Hall–Kier alpha value is -2.42. The molecule has 1 aromatic heterocycles. The highest BCUT2D eigenvalue weighted by Crippen LogP contribution is 2.30. The van der Waals surface area contributed by atoms with Gasteiger partial charge in [-0.3, -0.25) is 15.2 Å². The van der Waals surface area contributed by atoms with Crippen LogP contribution in [0.2, 0.25) is 0 Å². The van der Waals surface area contributed by atoms with Gasteiger partial charge < -0.3 is 5.32 Å². The minimum atomic E-state index is -3.49. The van der Waals surface area contributed by atoms with Crippen molar-refractivity contribution in [1.82, 2.24) is 10.2 Å². The van der Waals surface area contributed by atoms with Crippen molar-refractivity contribution in [2.45, 2.75) is 17.9 Å². The number of rotatable bonds is 5. The van der Waals surface area contributed by atoms with Crippen molar-refractivity contribution in [2.24, 2.45) is 0 Å². The van der Waals surface area contributed by atoms with Crippen LogP contribution >= 0.6 is 0 Å². The molecule has 9 heteroatoms. The standard InChI is InChI=1S/C12H14N4O4S/c1-8(9-6-13-14-7-9)15-11-4-3-10(21(2,19)20)5-12(11)16(17)18/h3-8,15H,1-2H3,(H,13,14). The van der Waals surface area contributed by atoms with Gasteiger partial charge in [0.2, 0.25) is 0 Å². The molecule has 0 bridgehead atoms. The molecule has 2 N–H and O–H groups in total. The second-order valence-corrected chi connectivity index (χ2v) is 6.62. The van der Waals surface area contributed by atoms with E-state index in [0.717, 1.165) is 17.9 Å². The number of sulfone groups is 1. The van der Waals surface area contributed by atoms with Gasteiger partial charge in [0, 0.05) is 24.1 Å². The lowest BCUT2D eigenvalue weighted by atomic mass is 10.1. The van der Waals surface area contributed by atoms with Crippen LogP contribution in [0.3, 0.4) is 0 Å². The van der Waals surface area contributed by atoms with Gasteiger partial charge in [0.05, 0.1) is 22.1 Å². The Bertz CT molecular complexity index is 756. The monoisotopic (exact) mass is 310 g/mol. The van der Waals surface area contributed by atoms with Crippen LogP contribution in [0, 0.1) is 10.1 Å². The molecule has 8 nitrogen and oxygen atoms in total. The first-order chi connectivity index (χ1) is 9.79. The number of nitro benzene ring substituents is 1. The molecule has 1 aromatic carbocycles. The third-order valence-corrected chi connectivity index (χ3v) is 4.10. The van der Waals surface area contributed by atoms with E-state index in [0.29, 0.717) is 0 Å². The van der Waals surface area contributed by atoms with Gasteiger partial charge in [-0.05, 0) is 19.1 Å². The molecule has 0 saturated carbocycles. The van der Waals surface area contributed by atoms with Gasteiger partial charge in [0.25, 0.3) is 5.69 Å². The summed E-state index contributed by atoms with van der Waals surface area (Å²) in [5.41, 5.74) is 0.797. The summed E-state index contributed by atoms with van der Waals surface area (Å²) < 4.78 is 22.9. The van der Waals surface area contributed by atoms with Crippen molar-refractivity contribution in [3.8, 4) is 0 Å². The van der Waals surface area contributed by atoms with Gasteiger partial charge in [-0.2, -0.15) is 5.10 Å². The Morgan fingerprint density at radius 1 is 1.43 bits per heavy atom. The largest absolute Gasteiger partial charge is 0.373 e. The Morgan fingerprint density at radius 3 is 2.67 bits per heavy atom. The first-order valence-electron chi connectivity index (χ1n) is 6.03. The van der Waals surface area contributed by atoms with Crippen LogP contribution in [-0.4, -0.2) is 29.8 Å². The minimum absolute atomic E-state index is 0.0873. The first-order valence-corrected chi connectivity index (χ1v) is 7.92. The van der Waals surface area contributed by atoms with Crippen LogP contribution < -0.4 is 5.32 Å². The Balaban J connectivity index is 2.38. The van der Waals surface area contributed by atoms with Gasteiger partial charge in [-0.15, -0.1) is 0 Å². The summed E-state index contributed by atoms with van der Waals surface area (Å²) in [6.07, 6.45) is 4.29. The molecule has 0 aliphatic rings. The smallest absolute Gasteiger partial charge is 0.293 e. The number of aromatic amines is 1. The molecule has 1 atom stereocenters. The number of H-pyrrole nitrogens is 1. The number of aromatic nitrogens is 2. The highest BCUT2D eigenvalue weighted by Gasteiger charge is 2.20. The van der Waals surface area contributed by atoms with Crippen molar-refractivity contribution in [3.63, 3.8) is 0 Å². The van der Waals surface area contributed by atoms with Gasteiger partial charge in [-0.25, -0.2) is 8.42 Å². The van der Waals surface area contributed by atoms with Crippen molar-refractivity contribution in [2.75, 3.05) is 11.6 Å². The van der Waals surface area contributed by atoms with Gasteiger partial charge >= 0.3 is 0 Å². The molecule has 0 spiro atoms. The second kappa shape index (κ2) is 5.52. The predicted octanol–water partition coefficient (Wildman–Crippen LogP) is 1.89. The van der Waals surface area contributed by atoms with Crippen LogP contribution in [-0.2, 0) is 9.84 Å². The maximum absolute atomic E-state index is 11.5. The quantitative estimate of drug-likeness (QED) is 0.643. The average Bonchev–Trinajstić information content (AvgIpc) is 2.91. The summed E-state index contributed by atoms with van der Waals surface area (Å²) in [4.78, 5) is 10.4. The number of nitrogens with one attached hydrogen (secondary N) is 2. The predicted molar refractivity (Wildman–Crippen MR) is 76.8 cm³/mol. The van der Waals surface area contributed by atoms with Crippen LogP contribution in [0.25, 0.3) is 0 Å². The molecular weight excluding hydrogens is 296 g/mol. The van der Waals surface area contributed by atoms with E-state index in [-0.39, 0.29) is 22.3 Å². The van der Waals surface area contributed by atoms with Crippen LogP contribution in [0.4, 0.5) is 11.4 Å². The Labute approximate surface area is 121 Å². The van der Waals surface area contributed by atoms with E-state index in [9.17, 15) is 18.5 Å². The fourth-order valence-corrected chi connectivity index (χ4v) is 2.47. The topological polar surface area (TPSA) is 118 Å². The summed E-state index contributed by atoms with van der Waals surface area (Å²) in [5, 5.41) is 20.6. The lowest BCUT2D eigenvalue weighted by molar-refractivity contribution is -0.384. The molecule has 1 heterocycles. The van der Waals surface area contributed by atoms with E-state index in [4.69, 9.17) is 0 Å². The number of benzene rings is 1. The third-order valence-electron chi connectivity index (χ3n) is 2.99. The van der Waals surface area contributed by atoms with Gasteiger partial charge in [-0.1, -0.05) is 0 Å². The van der Waals surface area contributed by atoms with E-state index in [1.807, 2.05) is 6.92 Å². The summed E-state index contributed by atoms with van der Waals surface area (Å²) in [5.74, 6) is 0. The summed E-state index contributed by atoms with van der Waals surface area (Å²) in [6.45, 7) is 1.82. The van der Waals surface area contributed by atoms with Crippen molar-refractivity contribution < 1.29 is 13.3 Å². The molecule has 0 amide bonds. The van der Waals surface area contributed by atoms with E-state index >= 15 is 0 Å². The molecule has 0 fully saturated rings. The number of nitro groups is 1. The molecule has 0 aliphatic carbocycles. The number of anilines is 1. The van der Waals surface area contributed by atoms with Gasteiger partial charge in [0.15, 0.2) is 9.84 Å². The zero-order valence-electron chi connectivity index (χ0n) is 11.4. The van der Waals surface area contributed by atoms with Crippen LogP contribution in [0.15, 0.2) is 35.5 Å². The molecule has 0 radical (unpaired) electrons. The Kier molecular flexibility index (Phi) is 3.94. The zero-order chi connectivity index (χ0) is 15.6. The van der Waals surface area contributed by atoms with Crippen molar-refractivity contribution in [1.29, 1.82) is 0 Å². The second-order valence-electron chi connectivity index (χ2n) is 4.61. The normalized spacial score (nSPS) is 12.9. The number of nitrogens with zero attached hydrogens (tertiary/aromatic N) is 2. The van der Waals surface area contributed by atoms with Crippen molar-refractivity contribution in [3.05, 3.63) is 46.3 Å². The highest BCUT2D eigenvalue weighted by molar-refractivity contribution is 7.90. The van der Waals surface area contributed by atoms with Crippen molar-refractivity contribution >= 4 is 21.2 Å². The maximum atomic E-state index is 11.5. The molecule has 1 unspecified atom stereocenters. The zero-order valence-corrected chi connectivity index (χ0v) is 12.2. The fourth-order valence-electron chi connectivity index (χ4n) is 1.83. The van der Waals surface area contributed by atoms with Gasteiger partial charge in [0.1, 0.15) is 5.69 Å². The van der Waals surface area contributed by atoms with Crippen LogP contribution in [0.5, 0.6) is 0 Å². The van der Waals surface area contributed by atoms with E-state index in [2.05, 4.69) is 15.5 Å². The summed E-state index contributed by atoms with van der Waals surface area (Å²) >= 11 is 0. The maximum Gasteiger partial charge on any atom is 0.293 e.